The Balaban J connectivity index is 1.13. The van der Waals surface area contributed by atoms with Crippen LogP contribution in [0.3, 0.4) is 0 Å². The number of carbonyl (C=O) groups is 1. The van der Waals surface area contributed by atoms with Crippen molar-refractivity contribution < 1.29 is 23.7 Å². The Bertz CT molecular complexity index is 1090. The molecule has 0 aliphatic heterocycles. The van der Waals surface area contributed by atoms with E-state index in [-0.39, 0.29) is 6.03 Å². The number of carbonyl (C=O) groups excluding carboxylic acids is 1. The number of urea groups is 1. The maximum atomic E-state index is 12.3. The molecule has 0 saturated carbocycles. The maximum Gasteiger partial charge on any atom is 0.323 e. The van der Waals surface area contributed by atoms with Crippen LogP contribution >= 0.6 is 0 Å². The summed E-state index contributed by atoms with van der Waals surface area (Å²) in [5, 5.41) is 5.60. The van der Waals surface area contributed by atoms with E-state index < -0.39 is 0 Å². The second-order valence-electron chi connectivity index (χ2n) is 7.65. The number of nitrogens with one attached hydrogen (secondary N) is 2. The molecular formula is C29H28N2O5. The molecule has 0 unspecified atom stereocenters. The Morgan fingerprint density at radius 2 is 0.750 bits per heavy atom. The van der Waals surface area contributed by atoms with Crippen molar-refractivity contribution in [2.24, 2.45) is 0 Å². The first kappa shape index (κ1) is 24.5. The van der Waals surface area contributed by atoms with Gasteiger partial charge >= 0.3 is 6.03 Å². The lowest BCUT2D eigenvalue weighted by Gasteiger charge is -2.11. The molecule has 0 spiro atoms. The van der Waals surface area contributed by atoms with Crippen LogP contribution < -0.4 is 29.6 Å². The number of anilines is 2. The second kappa shape index (κ2) is 13.3. The number of hydrogen-bond acceptors (Lipinski definition) is 5. The topological polar surface area (TPSA) is 78.1 Å². The predicted octanol–water partition coefficient (Wildman–Crippen LogP) is 6.25. The van der Waals surface area contributed by atoms with Crippen LogP contribution in [0.25, 0.3) is 0 Å². The Morgan fingerprint density at radius 1 is 0.444 bits per heavy atom. The van der Waals surface area contributed by atoms with Crippen LogP contribution in [0.2, 0.25) is 0 Å². The highest BCUT2D eigenvalue weighted by Crippen LogP contribution is 2.18. The third-order valence-electron chi connectivity index (χ3n) is 4.95. The van der Waals surface area contributed by atoms with Crippen molar-refractivity contribution in [3.05, 3.63) is 109 Å². The third-order valence-corrected chi connectivity index (χ3v) is 4.95. The van der Waals surface area contributed by atoms with Gasteiger partial charge in [0, 0.05) is 11.4 Å². The average molecular weight is 485 g/mol. The highest BCUT2D eigenvalue weighted by molar-refractivity contribution is 5.99. The zero-order valence-electron chi connectivity index (χ0n) is 19.8. The number of hydrogen-bond donors (Lipinski definition) is 2. The highest BCUT2D eigenvalue weighted by atomic mass is 16.5. The first-order valence-corrected chi connectivity index (χ1v) is 11.6. The third kappa shape index (κ3) is 8.29. The normalized spacial score (nSPS) is 10.2. The van der Waals surface area contributed by atoms with Crippen molar-refractivity contribution in [2.45, 2.75) is 0 Å². The van der Waals surface area contributed by atoms with Crippen molar-refractivity contribution in [2.75, 3.05) is 37.1 Å². The van der Waals surface area contributed by atoms with Crippen molar-refractivity contribution in [1.82, 2.24) is 0 Å². The molecule has 184 valence electrons. The monoisotopic (exact) mass is 484 g/mol. The van der Waals surface area contributed by atoms with Gasteiger partial charge in [0.1, 0.15) is 49.4 Å². The summed E-state index contributed by atoms with van der Waals surface area (Å²) >= 11 is 0. The molecule has 36 heavy (non-hydrogen) atoms. The van der Waals surface area contributed by atoms with E-state index in [0.29, 0.717) is 49.3 Å². The quantitative estimate of drug-likeness (QED) is 0.233. The van der Waals surface area contributed by atoms with Gasteiger partial charge in [-0.3, -0.25) is 0 Å². The lowest BCUT2D eigenvalue weighted by atomic mass is 10.3. The molecule has 2 amide bonds. The molecular weight excluding hydrogens is 456 g/mol. The van der Waals surface area contributed by atoms with Gasteiger partial charge in [0.05, 0.1) is 0 Å². The summed E-state index contributed by atoms with van der Waals surface area (Å²) in [6.07, 6.45) is 0. The van der Waals surface area contributed by atoms with Gasteiger partial charge in [0.2, 0.25) is 0 Å². The fourth-order valence-corrected chi connectivity index (χ4v) is 3.23. The Kier molecular flexibility index (Phi) is 9.04. The summed E-state index contributed by atoms with van der Waals surface area (Å²) in [7, 11) is 0. The van der Waals surface area contributed by atoms with Crippen LogP contribution in [-0.2, 0) is 0 Å². The molecule has 4 rings (SSSR count). The van der Waals surface area contributed by atoms with E-state index in [1.54, 1.807) is 48.5 Å². The largest absolute Gasteiger partial charge is 0.490 e. The van der Waals surface area contributed by atoms with Crippen LogP contribution in [0, 0.1) is 0 Å². The van der Waals surface area contributed by atoms with Crippen LogP contribution in [0.1, 0.15) is 0 Å². The molecule has 4 aromatic rings. The number of para-hydroxylation sites is 2. The SMILES string of the molecule is O=C(Nc1ccc(OCCOc2ccccc2)cc1)Nc1ccc(OCCOc2ccccc2)cc1. The lowest BCUT2D eigenvalue weighted by molar-refractivity contribution is 0.217. The molecule has 0 aromatic heterocycles. The van der Waals surface area contributed by atoms with E-state index in [0.717, 1.165) is 11.5 Å². The van der Waals surface area contributed by atoms with Gasteiger partial charge in [-0.25, -0.2) is 4.79 Å². The minimum absolute atomic E-state index is 0.343. The summed E-state index contributed by atoms with van der Waals surface area (Å²) < 4.78 is 22.6. The van der Waals surface area contributed by atoms with Gasteiger partial charge in [-0.2, -0.15) is 0 Å². The van der Waals surface area contributed by atoms with Crippen LogP contribution in [0.15, 0.2) is 109 Å². The second-order valence-corrected chi connectivity index (χ2v) is 7.65. The van der Waals surface area contributed by atoms with Gasteiger partial charge in [-0.15, -0.1) is 0 Å². The van der Waals surface area contributed by atoms with Crippen molar-refractivity contribution in [1.29, 1.82) is 0 Å². The molecule has 0 fully saturated rings. The smallest absolute Gasteiger partial charge is 0.323 e. The van der Waals surface area contributed by atoms with E-state index in [2.05, 4.69) is 10.6 Å². The van der Waals surface area contributed by atoms with Gasteiger partial charge in [-0.1, -0.05) is 36.4 Å². The molecule has 0 aliphatic carbocycles. The van der Waals surface area contributed by atoms with Crippen LogP contribution in [-0.4, -0.2) is 32.5 Å². The molecule has 0 bridgehead atoms. The number of benzene rings is 4. The fraction of sp³-hybridized carbons (Fsp3) is 0.138. The molecule has 0 aliphatic rings. The first-order chi connectivity index (χ1) is 17.7. The molecule has 0 atom stereocenters. The molecule has 2 N–H and O–H groups in total. The van der Waals surface area contributed by atoms with Crippen molar-refractivity contribution in [3.8, 4) is 23.0 Å². The standard InChI is InChI=1S/C29H28N2O5/c32-29(30-23-11-15-27(16-12-23)35-21-19-33-25-7-3-1-4-8-25)31-24-13-17-28(18-14-24)36-22-20-34-26-9-5-2-6-10-26/h1-18H,19-22H2,(H2,30,31,32). The maximum absolute atomic E-state index is 12.3. The average Bonchev–Trinajstić information content (AvgIpc) is 2.92. The van der Waals surface area contributed by atoms with E-state index in [1.165, 1.54) is 0 Å². The van der Waals surface area contributed by atoms with Crippen molar-refractivity contribution in [3.63, 3.8) is 0 Å². The molecule has 0 heterocycles. The fourth-order valence-electron chi connectivity index (χ4n) is 3.23. The van der Waals surface area contributed by atoms with Gasteiger partial charge in [0.25, 0.3) is 0 Å². The lowest BCUT2D eigenvalue weighted by Crippen LogP contribution is -2.19. The summed E-state index contributed by atoms with van der Waals surface area (Å²) in [5.74, 6) is 3.01. The minimum Gasteiger partial charge on any atom is -0.490 e. The van der Waals surface area contributed by atoms with Gasteiger partial charge < -0.3 is 29.6 Å². The molecule has 0 saturated heterocycles. The summed E-state index contributed by atoms with van der Waals surface area (Å²) in [5.41, 5.74) is 1.30. The number of rotatable bonds is 12. The molecule has 4 aromatic carbocycles. The van der Waals surface area contributed by atoms with E-state index in [1.807, 2.05) is 60.7 Å². The Labute approximate surface area is 210 Å². The molecule has 0 radical (unpaired) electrons. The zero-order valence-corrected chi connectivity index (χ0v) is 19.8. The van der Waals surface area contributed by atoms with Crippen molar-refractivity contribution >= 4 is 17.4 Å². The van der Waals surface area contributed by atoms with E-state index in [9.17, 15) is 4.79 Å². The van der Waals surface area contributed by atoms with Gasteiger partial charge in [0.15, 0.2) is 0 Å². The summed E-state index contributed by atoms with van der Waals surface area (Å²) in [4.78, 5) is 12.3. The van der Waals surface area contributed by atoms with Crippen LogP contribution in [0.4, 0.5) is 16.2 Å². The predicted molar refractivity (Wildman–Crippen MR) is 140 cm³/mol. The van der Waals surface area contributed by atoms with Crippen LogP contribution in [0.5, 0.6) is 23.0 Å². The Hall–Kier alpha value is -4.65. The number of ether oxygens (including phenoxy) is 4. The van der Waals surface area contributed by atoms with E-state index >= 15 is 0 Å². The Morgan fingerprint density at radius 3 is 1.08 bits per heavy atom. The minimum atomic E-state index is -0.343. The summed E-state index contributed by atoms with van der Waals surface area (Å²) in [6, 6.07) is 33.1. The van der Waals surface area contributed by atoms with Gasteiger partial charge in [-0.05, 0) is 72.8 Å². The molecule has 7 heteroatoms. The molecule has 7 nitrogen and oxygen atoms in total. The zero-order chi connectivity index (χ0) is 24.8. The number of amides is 2. The summed E-state index contributed by atoms with van der Waals surface area (Å²) in [6.45, 7) is 1.72. The first-order valence-electron chi connectivity index (χ1n) is 11.6. The van der Waals surface area contributed by atoms with E-state index in [4.69, 9.17) is 18.9 Å². The highest BCUT2D eigenvalue weighted by Gasteiger charge is 2.04.